The van der Waals surface area contributed by atoms with E-state index < -0.39 is 10.0 Å². The Bertz CT molecular complexity index is 723. The number of nitrogens with zero attached hydrogens (tertiary/aromatic N) is 1. The zero-order valence-electron chi connectivity index (χ0n) is 11.8. The van der Waals surface area contributed by atoms with Crippen molar-refractivity contribution in [2.24, 2.45) is 5.10 Å². The number of benzene rings is 2. The maximum atomic E-state index is 12.1. The van der Waals surface area contributed by atoms with E-state index in [1.165, 1.54) is 19.2 Å². The van der Waals surface area contributed by atoms with Crippen LogP contribution < -0.4 is 4.83 Å². The van der Waals surface area contributed by atoms with Crippen LogP contribution in [-0.2, 0) is 14.8 Å². The standard InChI is InChI=1S/C15H16N2O3S/c1-12-8-10-14(11-9-12)21(18,19)17-16-15(20-2)13-6-4-3-5-7-13/h3-11,17H,1-2H3/b16-15+. The molecule has 0 radical (unpaired) electrons. The fraction of sp³-hybridized carbons (Fsp3) is 0.133. The highest BCUT2D eigenvalue weighted by molar-refractivity contribution is 7.89. The lowest BCUT2D eigenvalue weighted by Crippen LogP contribution is -2.21. The SMILES string of the molecule is CO/C(=N/NS(=O)(=O)c1ccc(C)cc1)c1ccccc1. The Hall–Kier alpha value is -2.34. The topological polar surface area (TPSA) is 67.8 Å². The molecule has 2 rings (SSSR count). The van der Waals surface area contributed by atoms with Crippen molar-refractivity contribution in [2.45, 2.75) is 11.8 Å². The van der Waals surface area contributed by atoms with E-state index in [9.17, 15) is 8.42 Å². The normalized spacial score (nSPS) is 12.0. The maximum Gasteiger partial charge on any atom is 0.276 e. The van der Waals surface area contributed by atoms with Gasteiger partial charge in [0.1, 0.15) is 0 Å². The van der Waals surface area contributed by atoms with Gasteiger partial charge in [0.2, 0.25) is 5.90 Å². The second-order valence-corrected chi connectivity index (χ2v) is 6.06. The molecule has 0 bridgehead atoms. The highest BCUT2D eigenvalue weighted by Crippen LogP contribution is 2.10. The van der Waals surface area contributed by atoms with Gasteiger partial charge >= 0.3 is 0 Å². The first-order chi connectivity index (χ1) is 10.0. The summed E-state index contributed by atoms with van der Waals surface area (Å²) in [5.74, 6) is 0.200. The van der Waals surface area contributed by atoms with Crippen molar-refractivity contribution in [3.8, 4) is 0 Å². The fourth-order valence-electron chi connectivity index (χ4n) is 1.68. The number of hydrogen-bond acceptors (Lipinski definition) is 4. The largest absolute Gasteiger partial charge is 0.480 e. The average molecular weight is 304 g/mol. The molecule has 0 heterocycles. The highest BCUT2D eigenvalue weighted by Gasteiger charge is 2.13. The van der Waals surface area contributed by atoms with Crippen LogP contribution in [0.5, 0.6) is 0 Å². The van der Waals surface area contributed by atoms with Crippen molar-refractivity contribution in [2.75, 3.05) is 7.11 Å². The monoisotopic (exact) mass is 304 g/mol. The molecule has 2 aromatic carbocycles. The summed E-state index contributed by atoms with van der Waals surface area (Å²) in [6.07, 6.45) is 0. The Labute approximate surface area is 124 Å². The summed E-state index contributed by atoms with van der Waals surface area (Å²) < 4.78 is 29.4. The number of sulfonamides is 1. The van der Waals surface area contributed by atoms with Gasteiger partial charge in [-0.25, -0.2) is 0 Å². The summed E-state index contributed by atoms with van der Waals surface area (Å²) in [4.78, 5) is 2.33. The van der Waals surface area contributed by atoms with Crippen LogP contribution in [0.4, 0.5) is 0 Å². The first-order valence-electron chi connectivity index (χ1n) is 6.28. The molecule has 0 fully saturated rings. The molecule has 0 aromatic heterocycles. The van der Waals surface area contributed by atoms with Crippen molar-refractivity contribution in [3.63, 3.8) is 0 Å². The summed E-state index contributed by atoms with van der Waals surface area (Å²) in [5.41, 5.74) is 1.67. The molecular formula is C15H16N2O3S. The van der Waals surface area contributed by atoms with Gasteiger partial charge in [0.05, 0.1) is 12.0 Å². The van der Waals surface area contributed by atoms with Crippen LogP contribution in [0.1, 0.15) is 11.1 Å². The third-order valence-corrected chi connectivity index (χ3v) is 4.04. The molecule has 0 spiro atoms. The minimum absolute atomic E-state index is 0.153. The van der Waals surface area contributed by atoms with E-state index in [0.29, 0.717) is 5.56 Å². The molecule has 1 N–H and O–H groups in total. The highest BCUT2D eigenvalue weighted by atomic mass is 32.2. The number of rotatable bonds is 4. The summed E-state index contributed by atoms with van der Waals surface area (Å²) in [5, 5.41) is 3.84. The van der Waals surface area contributed by atoms with Gasteiger partial charge in [0.25, 0.3) is 10.0 Å². The molecule has 0 aliphatic carbocycles. The lowest BCUT2D eigenvalue weighted by molar-refractivity contribution is 0.401. The number of aryl methyl sites for hydroxylation is 1. The number of hydrazone groups is 1. The first kappa shape index (κ1) is 15.1. The van der Waals surface area contributed by atoms with E-state index >= 15 is 0 Å². The van der Waals surface area contributed by atoms with Crippen LogP contribution in [0.2, 0.25) is 0 Å². The van der Waals surface area contributed by atoms with Crippen LogP contribution in [0.25, 0.3) is 0 Å². The van der Waals surface area contributed by atoms with E-state index in [1.807, 2.05) is 25.1 Å². The number of ether oxygens (including phenoxy) is 1. The van der Waals surface area contributed by atoms with Crippen LogP contribution in [0.15, 0.2) is 64.6 Å². The van der Waals surface area contributed by atoms with Gasteiger partial charge in [-0.05, 0) is 31.2 Å². The van der Waals surface area contributed by atoms with Crippen molar-refractivity contribution >= 4 is 15.9 Å². The molecule has 110 valence electrons. The number of nitrogens with one attached hydrogen (secondary N) is 1. The molecule has 0 unspecified atom stereocenters. The van der Waals surface area contributed by atoms with Gasteiger partial charge in [-0.1, -0.05) is 35.9 Å². The minimum Gasteiger partial charge on any atom is -0.480 e. The molecule has 6 heteroatoms. The quantitative estimate of drug-likeness (QED) is 0.535. The van der Waals surface area contributed by atoms with Gasteiger partial charge in [0, 0.05) is 5.56 Å². The van der Waals surface area contributed by atoms with E-state index in [0.717, 1.165) is 5.56 Å². The van der Waals surface area contributed by atoms with Crippen molar-refractivity contribution in [1.82, 2.24) is 4.83 Å². The van der Waals surface area contributed by atoms with Crippen molar-refractivity contribution < 1.29 is 13.2 Å². The van der Waals surface area contributed by atoms with Crippen LogP contribution in [-0.4, -0.2) is 21.4 Å². The predicted octanol–water partition coefficient (Wildman–Crippen LogP) is 2.28. The Morgan fingerprint density at radius 2 is 1.67 bits per heavy atom. The zero-order chi connectivity index (χ0) is 15.3. The third kappa shape index (κ3) is 3.82. The second-order valence-electron chi connectivity index (χ2n) is 4.39. The Balaban J connectivity index is 2.24. The molecule has 21 heavy (non-hydrogen) atoms. The molecule has 0 aliphatic rings. The Kier molecular flexibility index (Phi) is 4.59. The summed E-state index contributed by atoms with van der Waals surface area (Å²) in [6.45, 7) is 1.89. The van der Waals surface area contributed by atoms with E-state index in [4.69, 9.17) is 4.74 Å². The Morgan fingerprint density at radius 1 is 1.05 bits per heavy atom. The molecule has 0 aliphatic heterocycles. The second kappa shape index (κ2) is 6.41. The van der Waals surface area contributed by atoms with Crippen LogP contribution in [0.3, 0.4) is 0 Å². The molecule has 5 nitrogen and oxygen atoms in total. The Morgan fingerprint density at radius 3 is 2.24 bits per heavy atom. The van der Waals surface area contributed by atoms with Crippen molar-refractivity contribution in [3.05, 3.63) is 65.7 Å². The third-order valence-electron chi connectivity index (χ3n) is 2.81. The summed E-state index contributed by atoms with van der Waals surface area (Å²) in [7, 11) is -2.27. The lowest BCUT2D eigenvalue weighted by Gasteiger charge is -2.07. The molecular weight excluding hydrogens is 288 g/mol. The van der Waals surface area contributed by atoms with Crippen molar-refractivity contribution in [1.29, 1.82) is 0 Å². The minimum atomic E-state index is -3.71. The summed E-state index contributed by atoms with van der Waals surface area (Å²) in [6, 6.07) is 15.6. The van der Waals surface area contributed by atoms with Crippen LogP contribution in [0, 0.1) is 6.92 Å². The van der Waals surface area contributed by atoms with Crippen LogP contribution >= 0.6 is 0 Å². The fourth-order valence-corrected chi connectivity index (χ4v) is 2.48. The molecule has 2 aromatic rings. The average Bonchev–Trinajstić information content (AvgIpc) is 2.49. The van der Waals surface area contributed by atoms with Gasteiger partial charge < -0.3 is 4.74 Å². The summed E-state index contributed by atoms with van der Waals surface area (Å²) >= 11 is 0. The van der Waals surface area contributed by atoms with E-state index in [-0.39, 0.29) is 10.8 Å². The van der Waals surface area contributed by atoms with Gasteiger partial charge in [-0.15, -0.1) is 5.10 Å². The lowest BCUT2D eigenvalue weighted by atomic mass is 10.2. The van der Waals surface area contributed by atoms with Gasteiger partial charge in [-0.3, -0.25) is 0 Å². The smallest absolute Gasteiger partial charge is 0.276 e. The molecule has 0 saturated carbocycles. The number of hydrogen-bond donors (Lipinski definition) is 1. The maximum absolute atomic E-state index is 12.1. The zero-order valence-corrected chi connectivity index (χ0v) is 12.6. The first-order valence-corrected chi connectivity index (χ1v) is 7.77. The van der Waals surface area contributed by atoms with Gasteiger partial charge in [0.15, 0.2) is 0 Å². The predicted molar refractivity (Wildman–Crippen MR) is 81.5 cm³/mol. The van der Waals surface area contributed by atoms with E-state index in [2.05, 4.69) is 9.93 Å². The molecule has 0 atom stereocenters. The van der Waals surface area contributed by atoms with E-state index in [1.54, 1.807) is 24.3 Å². The molecule has 0 saturated heterocycles. The van der Waals surface area contributed by atoms with Gasteiger partial charge in [-0.2, -0.15) is 13.2 Å². The number of methoxy groups -OCH3 is 1. The molecule has 0 amide bonds.